The maximum atomic E-state index is 5.80. The summed E-state index contributed by atoms with van der Waals surface area (Å²) in [6.45, 7) is 5.24. The Labute approximate surface area is 133 Å². The van der Waals surface area contributed by atoms with E-state index in [0.29, 0.717) is 6.61 Å². The maximum absolute atomic E-state index is 5.80. The summed E-state index contributed by atoms with van der Waals surface area (Å²) in [5, 5.41) is 0. The molecule has 2 aromatic carbocycles. The van der Waals surface area contributed by atoms with Gasteiger partial charge in [-0.15, -0.1) is 17.0 Å². The highest BCUT2D eigenvalue weighted by Gasteiger charge is 2.00. The minimum atomic E-state index is -0.634. The lowest BCUT2D eigenvalue weighted by atomic mass is 10.2. The zero-order valence-corrected chi connectivity index (χ0v) is 14.8. The molecule has 0 bridgehead atoms. The van der Waals surface area contributed by atoms with E-state index in [1.54, 1.807) is 0 Å². The van der Waals surface area contributed by atoms with Gasteiger partial charge in [0.2, 0.25) is 0 Å². The van der Waals surface area contributed by atoms with E-state index < -0.39 is 8.80 Å². The molecule has 0 spiro atoms. The normalized spacial score (nSPS) is 10.2. The van der Waals surface area contributed by atoms with E-state index in [4.69, 9.17) is 9.47 Å². The number of ether oxygens (including phenoxy) is 2. The van der Waals surface area contributed by atoms with E-state index in [2.05, 4.69) is 19.2 Å². The molecule has 0 aliphatic rings. The Morgan fingerprint density at radius 3 is 2.30 bits per heavy atom. The Kier molecular flexibility index (Phi) is 7.58. The van der Waals surface area contributed by atoms with Gasteiger partial charge in [0, 0.05) is 6.23 Å². The van der Waals surface area contributed by atoms with Gasteiger partial charge >= 0.3 is 0 Å². The van der Waals surface area contributed by atoms with Crippen molar-refractivity contribution < 1.29 is 9.47 Å². The number of para-hydroxylation sites is 1. The fraction of sp³-hybridized carbons (Fsp3) is 0.250. The van der Waals surface area contributed by atoms with Crippen LogP contribution in [-0.4, -0.2) is 15.0 Å². The van der Waals surface area contributed by atoms with Crippen LogP contribution < -0.4 is 4.74 Å². The van der Waals surface area contributed by atoms with Crippen LogP contribution in [0.4, 0.5) is 0 Å². The standard InChI is InChI=1S/C16H20O2Si.BrH/c1-19(2)13-17-12-14-7-6-10-16(11-14)18-15-8-4-3-5-9-15;/h3-11,19H,12-13H2,1-2H3;1H. The van der Waals surface area contributed by atoms with Gasteiger partial charge in [0.1, 0.15) is 11.5 Å². The van der Waals surface area contributed by atoms with Crippen molar-refractivity contribution in [2.75, 3.05) is 6.23 Å². The van der Waals surface area contributed by atoms with Crippen molar-refractivity contribution in [1.82, 2.24) is 0 Å². The molecule has 0 fully saturated rings. The number of halogens is 1. The second-order valence-corrected chi connectivity index (χ2v) is 8.09. The molecular formula is C16H21BrO2Si. The van der Waals surface area contributed by atoms with Crippen LogP contribution in [0, 0.1) is 0 Å². The molecule has 4 heteroatoms. The fourth-order valence-corrected chi connectivity index (χ4v) is 2.33. The van der Waals surface area contributed by atoms with Crippen molar-refractivity contribution in [2.45, 2.75) is 19.7 Å². The van der Waals surface area contributed by atoms with Crippen LogP contribution in [0.1, 0.15) is 5.56 Å². The van der Waals surface area contributed by atoms with E-state index in [1.165, 1.54) is 0 Å². The Bertz CT molecular complexity index is 503. The van der Waals surface area contributed by atoms with Gasteiger partial charge in [-0.2, -0.15) is 0 Å². The first-order valence-electron chi connectivity index (χ1n) is 6.63. The third-order valence-electron chi connectivity index (χ3n) is 2.60. The van der Waals surface area contributed by atoms with Gasteiger partial charge in [0.05, 0.1) is 15.4 Å². The van der Waals surface area contributed by atoms with E-state index >= 15 is 0 Å². The minimum Gasteiger partial charge on any atom is -0.457 e. The first kappa shape index (κ1) is 16.9. The van der Waals surface area contributed by atoms with Crippen molar-refractivity contribution in [2.24, 2.45) is 0 Å². The first-order chi connectivity index (χ1) is 9.24. The SMILES string of the molecule is Br.C[SiH](C)COCc1cccc(Oc2ccccc2)c1. The highest BCUT2D eigenvalue weighted by Crippen LogP contribution is 2.22. The van der Waals surface area contributed by atoms with E-state index in [-0.39, 0.29) is 17.0 Å². The highest BCUT2D eigenvalue weighted by atomic mass is 79.9. The molecule has 0 aromatic heterocycles. The molecule has 0 amide bonds. The second-order valence-electron chi connectivity index (χ2n) is 4.97. The first-order valence-corrected chi connectivity index (χ1v) is 9.76. The lowest BCUT2D eigenvalue weighted by Crippen LogP contribution is -2.11. The topological polar surface area (TPSA) is 18.5 Å². The lowest BCUT2D eigenvalue weighted by molar-refractivity contribution is 0.161. The molecule has 108 valence electrons. The molecule has 0 unspecified atom stereocenters. The monoisotopic (exact) mass is 352 g/mol. The van der Waals surface area contributed by atoms with Crippen LogP contribution in [0.3, 0.4) is 0 Å². The smallest absolute Gasteiger partial charge is 0.127 e. The van der Waals surface area contributed by atoms with Crippen LogP contribution >= 0.6 is 17.0 Å². The molecule has 20 heavy (non-hydrogen) atoms. The zero-order chi connectivity index (χ0) is 13.5. The van der Waals surface area contributed by atoms with Crippen LogP contribution in [0.25, 0.3) is 0 Å². The summed E-state index contributed by atoms with van der Waals surface area (Å²) in [5.41, 5.74) is 1.16. The second kappa shape index (κ2) is 8.95. The zero-order valence-electron chi connectivity index (χ0n) is 11.9. The van der Waals surface area contributed by atoms with Gasteiger partial charge in [-0.25, -0.2) is 0 Å². The number of hydrogen-bond acceptors (Lipinski definition) is 2. The molecule has 2 rings (SSSR count). The third-order valence-corrected chi connectivity index (χ3v) is 3.50. The van der Waals surface area contributed by atoms with E-state index in [9.17, 15) is 0 Å². The van der Waals surface area contributed by atoms with E-state index in [1.807, 2.05) is 48.5 Å². The molecule has 0 aliphatic carbocycles. The van der Waals surface area contributed by atoms with E-state index in [0.717, 1.165) is 23.3 Å². The van der Waals surface area contributed by atoms with Crippen molar-refractivity contribution in [3.05, 3.63) is 60.2 Å². The maximum Gasteiger partial charge on any atom is 0.127 e. The number of hydrogen-bond donors (Lipinski definition) is 0. The van der Waals surface area contributed by atoms with Crippen molar-refractivity contribution >= 4 is 25.8 Å². The summed E-state index contributed by atoms with van der Waals surface area (Å²) in [4.78, 5) is 0. The summed E-state index contributed by atoms with van der Waals surface area (Å²) >= 11 is 0. The lowest BCUT2D eigenvalue weighted by Gasteiger charge is -2.09. The van der Waals surface area contributed by atoms with Crippen LogP contribution in [0.5, 0.6) is 11.5 Å². The summed E-state index contributed by atoms with van der Waals surface area (Å²) in [6, 6.07) is 17.9. The molecule has 0 aliphatic heterocycles. The van der Waals surface area contributed by atoms with Crippen LogP contribution in [0.15, 0.2) is 54.6 Å². The quantitative estimate of drug-likeness (QED) is 0.707. The molecule has 0 N–H and O–H groups in total. The Hall–Kier alpha value is -1.10. The van der Waals surface area contributed by atoms with Gasteiger partial charge < -0.3 is 9.47 Å². The Balaban J connectivity index is 0.00000200. The Morgan fingerprint density at radius 1 is 0.900 bits per heavy atom. The van der Waals surface area contributed by atoms with Gasteiger partial charge in [0.15, 0.2) is 0 Å². The molecule has 0 heterocycles. The van der Waals surface area contributed by atoms with Crippen molar-refractivity contribution in [3.8, 4) is 11.5 Å². The average Bonchev–Trinajstić information content (AvgIpc) is 2.40. The summed E-state index contributed by atoms with van der Waals surface area (Å²) in [6.07, 6.45) is 0.920. The van der Waals surface area contributed by atoms with Gasteiger partial charge in [0.25, 0.3) is 0 Å². The van der Waals surface area contributed by atoms with Gasteiger partial charge in [-0.1, -0.05) is 43.4 Å². The predicted octanol–water partition coefficient (Wildman–Crippen LogP) is 4.60. The highest BCUT2D eigenvalue weighted by molar-refractivity contribution is 8.93. The van der Waals surface area contributed by atoms with Gasteiger partial charge in [-0.05, 0) is 29.8 Å². The molecule has 0 radical (unpaired) electrons. The average molecular weight is 353 g/mol. The van der Waals surface area contributed by atoms with Crippen LogP contribution in [-0.2, 0) is 11.3 Å². The van der Waals surface area contributed by atoms with Gasteiger partial charge in [-0.3, -0.25) is 0 Å². The Morgan fingerprint density at radius 2 is 1.60 bits per heavy atom. The summed E-state index contributed by atoms with van der Waals surface area (Å²) in [5.74, 6) is 1.71. The molecule has 0 atom stereocenters. The van der Waals surface area contributed by atoms with Crippen LogP contribution in [0.2, 0.25) is 13.1 Å². The summed E-state index contributed by atoms with van der Waals surface area (Å²) in [7, 11) is -0.634. The fourth-order valence-electron chi connectivity index (χ4n) is 1.74. The molecule has 2 aromatic rings. The molecule has 0 saturated carbocycles. The summed E-state index contributed by atoms with van der Waals surface area (Å²) < 4.78 is 11.5. The third kappa shape index (κ3) is 5.90. The minimum absolute atomic E-state index is 0. The number of rotatable bonds is 6. The largest absolute Gasteiger partial charge is 0.457 e. The van der Waals surface area contributed by atoms with Crippen molar-refractivity contribution in [1.29, 1.82) is 0 Å². The molecule has 2 nitrogen and oxygen atoms in total. The van der Waals surface area contributed by atoms with Crippen molar-refractivity contribution in [3.63, 3.8) is 0 Å². The molecule has 0 saturated heterocycles. The molecular weight excluding hydrogens is 332 g/mol. The number of benzene rings is 2. The predicted molar refractivity (Wildman–Crippen MR) is 91.8 cm³/mol.